The van der Waals surface area contributed by atoms with Crippen LogP contribution in [-0.4, -0.2) is 26.8 Å². The van der Waals surface area contributed by atoms with Crippen molar-refractivity contribution in [1.29, 1.82) is 0 Å². The van der Waals surface area contributed by atoms with E-state index in [2.05, 4.69) is 5.43 Å². The predicted molar refractivity (Wildman–Crippen MR) is 61.6 cm³/mol. The number of nitrogens with one attached hydrogen (secondary N) is 1. The van der Waals surface area contributed by atoms with Gasteiger partial charge in [-0.3, -0.25) is 10.6 Å². The van der Waals surface area contributed by atoms with Gasteiger partial charge < -0.3 is 15.3 Å². The Labute approximate surface area is 98.7 Å². The number of phenolic OH excluding ortho intramolecular Hbond substituents is 2. The first-order valence-corrected chi connectivity index (χ1v) is 5.06. The lowest BCUT2D eigenvalue weighted by molar-refractivity contribution is -0.145. The lowest BCUT2D eigenvalue weighted by atomic mass is 9.82. The van der Waals surface area contributed by atoms with E-state index in [1.165, 1.54) is 25.1 Å². The molecular weight excluding hydrogens is 224 g/mol. The van der Waals surface area contributed by atoms with Crippen LogP contribution in [0.1, 0.15) is 25.3 Å². The molecule has 0 fully saturated rings. The number of aliphatic carboxylic acids is 1. The third-order valence-electron chi connectivity index (χ3n) is 3.09. The Kier molecular flexibility index (Phi) is 3.59. The molecule has 0 spiro atoms. The first-order chi connectivity index (χ1) is 7.82. The number of carboxylic acid groups (broad SMARTS) is 1. The number of hydrogen-bond donors (Lipinski definition) is 5. The molecular formula is C11H16N2O4. The standard InChI is InChI=1S/C11H16N2O4/c1-6(11(2,13-12)10(16)17)8-5-7(14)3-4-9(8)15/h3-6,13-15H,12H2,1-2H3,(H,16,17). The number of carboxylic acids is 1. The molecule has 2 unspecified atom stereocenters. The van der Waals surface area contributed by atoms with Crippen molar-refractivity contribution in [2.24, 2.45) is 5.84 Å². The van der Waals surface area contributed by atoms with Crippen molar-refractivity contribution in [2.45, 2.75) is 25.3 Å². The molecule has 0 saturated carbocycles. The van der Waals surface area contributed by atoms with Gasteiger partial charge in [-0.2, -0.15) is 0 Å². The van der Waals surface area contributed by atoms with Gasteiger partial charge in [-0.05, 0) is 25.1 Å². The number of phenols is 2. The average molecular weight is 240 g/mol. The number of aromatic hydroxyl groups is 2. The van der Waals surface area contributed by atoms with Gasteiger partial charge in [0.25, 0.3) is 0 Å². The Morgan fingerprint density at radius 1 is 1.47 bits per heavy atom. The molecule has 0 aliphatic carbocycles. The van der Waals surface area contributed by atoms with Crippen LogP contribution < -0.4 is 11.3 Å². The molecule has 0 saturated heterocycles. The van der Waals surface area contributed by atoms with Gasteiger partial charge in [-0.15, -0.1) is 0 Å². The van der Waals surface area contributed by atoms with Crippen molar-refractivity contribution in [3.63, 3.8) is 0 Å². The topological polar surface area (TPSA) is 116 Å². The van der Waals surface area contributed by atoms with Gasteiger partial charge in [0.15, 0.2) is 0 Å². The van der Waals surface area contributed by atoms with Gasteiger partial charge in [0.05, 0.1) is 0 Å². The molecule has 6 N–H and O–H groups in total. The summed E-state index contributed by atoms with van der Waals surface area (Å²) in [5, 5.41) is 28.2. The van der Waals surface area contributed by atoms with Gasteiger partial charge in [0, 0.05) is 11.5 Å². The highest BCUT2D eigenvalue weighted by Crippen LogP contribution is 2.35. The van der Waals surface area contributed by atoms with Crippen molar-refractivity contribution in [1.82, 2.24) is 5.43 Å². The minimum absolute atomic E-state index is 0.0468. The molecule has 0 bridgehead atoms. The van der Waals surface area contributed by atoms with Crippen LogP contribution in [0.15, 0.2) is 18.2 Å². The van der Waals surface area contributed by atoms with Gasteiger partial charge in [0.2, 0.25) is 0 Å². The minimum Gasteiger partial charge on any atom is -0.508 e. The van der Waals surface area contributed by atoms with Crippen LogP contribution in [-0.2, 0) is 4.79 Å². The molecule has 1 rings (SSSR count). The zero-order chi connectivity index (χ0) is 13.2. The van der Waals surface area contributed by atoms with Crippen LogP contribution in [0.4, 0.5) is 0 Å². The third-order valence-corrected chi connectivity index (χ3v) is 3.09. The average Bonchev–Trinajstić information content (AvgIpc) is 2.30. The fourth-order valence-corrected chi connectivity index (χ4v) is 1.57. The number of hydrazine groups is 1. The number of carbonyl (C=O) groups is 1. The lowest BCUT2D eigenvalue weighted by Gasteiger charge is -2.31. The summed E-state index contributed by atoms with van der Waals surface area (Å²) in [6.45, 7) is 3.01. The molecule has 0 heterocycles. The Morgan fingerprint density at radius 2 is 2.06 bits per heavy atom. The van der Waals surface area contributed by atoms with E-state index in [0.717, 1.165) is 0 Å². The smallest absolute Gasteiger partial charge is 0.325 e. The fourth-order valence-electron chi connectivity index (χ4n) is 1.57. The molecule has 0 amide bonds. The molecule has 0 aromatic heterocycles. The van der Waals surface area contributed by atoms with Gasteiger partial charge in [0.1, 0.15) is 17.0 Å². The zero-order valence-electron chi connectivity index (χ0n) is 9.64. The maximum Gasteiger partial charge on any atom is 0.325 e. The highest BCUT2D eigenvalue weighted by atomic mass is 16.4. The first-order valence-electron chi connectivity index (χ1n) is 5.06. The molecule has 1 aromatic rings. The summed E-state index contributed by atoms with van der Waals surface area (Å²) < 4.78 is 0. The lowest BCUT2D eigenvalue weighted by Crippen LogP contribution is -2.56. The van der Waals surface area contributed by atoms with E-state index in [1.807, 2.05) is 0 Å². The van der Waals surface area contributed by atoms with Gasteiger partial charge in [-0.25, -0.2) is 5.43 Å². The largest absolute Gasteiger partial charge is 0.508 e. The summed E-state index contributed by atoms with van der Waals surface area (Å²) in [6.07, 6.45) is 0. The monoisotopic (exact) mass is 240 g/mol. The second kappa shape index (κ2) is 4.60. The highest BCUT2D eigenvalue weighted by Gasteiger charge is 2.40. The van der Waals surface area contributed by atoms with E-state index in [9.17, 15) is 15.0 Å². The van der Waals surface area contributed by atoms with Gasteiger partial charge in [-0.1, -0.05) is 6.92 Å². The zero-order valence-corrected chi connectivity index (χ0v) is 9.64. The SMILES string of the molecule is CC(c1cc(O)ccc1O)C(C)(NN)C(=O)O. The van der Waals surface area contributed by atoms with Crippen molar-refractivity contribution in [3.05, 3.63) is 23.8 Å². The minimum atomic E-state index is -1.44. The predicted octanol–water partition coefficient (Wildman–Crippen LogP) is 0.508. The maximum atomic E-state index is 11.2. The normalized spacial score (nSPS) is 16.2. The number of rotatable bonds is 4. The second-order valence-electron chi connectivity index (χ2n) is 4.12. The Balaban J connectivity index is 3.23. The quantitative estimate of drug-likeness (QED) is 0.297. The molecule has 6 nitrogen and oxygen atoms in total. The Bertz CT molecular complexity index is 435. The Morgan fingerprint density at radius 3 is 2.53 bits per heavy atom. The second-order valence-corrected chi connectivity index (χ2v) is 4.12. The summed E-state index contributed by atoms with van der Waals surface area (Å²) in [7, 11) is 0. The molecule has 2 atom stereocenters. The summed E-state index contributed by atoms with van der Waals surface area (Å²) in [5.41, 5.74) is 1.10. The van der Waals surface area contributed by atoms with Crippen molar-refractivity contribution < 1.29 is 20.1 Å². The molecule has 94 valence electrons. The molecule has 0 aliphatic heterocycles. The van der Waals surface area contributed by atoms with Crippen LogP contribution in [0.2, 0.25) is 0 Å². The van der Waals surface area contributed by atoms with E-state index in [1.54, 1.807) is 6.92 Å². The van der Waals surface area contributed by atoms with Crippen molar-refractivity contribution in [2.75, 3.05) is 0 Å². The molecule has 0 aliphatic rings. The van der Waals surface area contributed by atoms with Crippen LogP contribution in [0.3, 0.4) is 0 Å². The summed E-state index contributed by atoms with van der Waals surface area (Å²) in [5.74, 6) is 3.36. The van der Waals surface area contributed by atoms with Crippen molar-refractivity contribution >= 4 is 5.97 Å². The fraction of sp³-hybridized carbons (Fsp3) is 0.364. The molecule has 6 heteroatoms. The summed E-state index contributed by atoms with van der Waals surface area (Å²) in [4.78, 5) is 11.2. The summed E-state index contributed by atoms with van der Waals surface area (Å²) >= 11 is 0. The van der Waals surface area contributed by atoms with Crippen molar-refractivity contribution in [3.8, 4) is 11.5 Å². The van der Waals surface area contributed by atoms with E-state index in [-0.39, 0.29) is 11.5 Å². The number of benzene rings is 1. The summed E-state index contributed by atoms with van der Waals surface area (Å²) in [6, 6.07) is 3.94. The van der Waals surface area contributed by atoms with Gasteiger partial charge >= 0.3 is 5.97 Å². The molecule has 17 heavy (non-hydrogen) atoms. The van der Waals surface area contributed by atoms with E-state index < -0.39 is 17.4 Å². The molecule has 0 radical (unpaired) electrons. The number of nitrogens with two attached hydrogens (primary N) is 1. The van der Waals surface area contributed by atoms with Crippen LogP contribution in [0, 0.1) is 0 Å². The molecule has 1 aromatic carbocycles. The third kappa shape index (κ3) is 2.32. The Hall–Kier alpha value is -1.79. The van der Waals surface area contributed by atoms with Crippen LogP contribution in [0.5, 0.6) is 11.5 Å². The van der Waals surface area contributed by atoms with E-state index in [0.29, 0.717) is 5.56 Å². The van der Waals surface area contributed by atoms with Crippen LogP contribution in [0.25, 0.3) is 0 Å². The number of hydrogen-bond acceptors (Lipinski definition) is 5. The van der Waals surface area contributed by atoms with Crippen LogP contribution >= 0.6 is 0 Å². The maximum absolute atomic E-state index is 11.2. The highest BCUT2D eigenvalue weighted by molar-refractivity contribution is 5.80. The first kappa shape index (κ1) is 13.3. The van der Waals surface area contributed by atoms with E-state index in [4.69, 9.17) is 10.9 Å². The van der Waals surface area contributed by atoms with E-state index >= 15 is 0 Å².